The molecule has 0 amide bonds. The van der Waals surface area contributed by atoms with Crippen molar-refractivity contribution in [3.05, 3.63) is 70.4 Å². The maximum Gasteiger partial charge on any atom is 0.415 e. The number of nitro groups is 1. The second-order valence-electron chi connectivity index (χ2n) is 7.76. The molecule has 0 fully saturated rings. The number of nitrogens with one attached hydrogen (secondary N) is 2. The van der Waals surface area contributed by atoms with Crippen LogP contribution in [0.25, 0.3) is 0 Å². The van der Waals surface area contributed by atoms with E-state index in [0.717, 1.165) is 17.8 Å². The normalized spacial score (nSPS) is 16.7. The highest BCUT2D eigenvalue weighted by atomic mass is 32.1. The van der Waals surface area contributed by atoms with Crippen LogP contribution in [-0.4, -0.2) is 31.8 Å². The summed E-state index contributed by atoms with van der Waals surface area (Å²) in [6, 6.07) is 15.8. The molecule has 3 aromatic rings. The van der Waals surface area contributed by atoms with Crippen molar-refractivity contribution < 1.29 is 14.4 Å². The van der Waals surface area contributed by atoms with E-state index in [0.29, 0.717) is 17.4 Å². The van der Waals surface area contributed by atoms with E-state index in [4.69, 9.17) is 21.7 Å². The van der Waals surface area contributed by atoms with Crippen molar-refractivity contribution in [2.75, 3.05) is 17.2 Å². The fraction of sp³-hybridized carbons (Fsp3) is 0.273. The summed E-state index contributed by atoms with van der Waals surface area (Å²) in [5.74, 6) is 0.446. The van der Waals surface area contributed by atoms with Crippen LogP contribution in [0.2, 0.25) is 0 Å². The van der Waals surface area contributed by atoms with E-state index in [2.05, 4.69) is 34.7 Å². The van der Waals surface area contributed by atoms with E-state index in [1.54, 1.807) is 4.57 Å². The summed E-state index contributed by atoms with van der Waals surface area (Å²) in [6.45, 7) is 4.68. The van der Waals surface area contributed by atoms with Crippen molar-refractivity contribution in [3.8, 4) is 11.8 Å². The van der Waals surface area contributed by atoms with Gasteiger partial charge < -0.3 is 30.2 Å². The molecule has 2 heterocycles. The number of anilines is 2. The predicted octanol–water partition coefficient (Wildman–Crippen LogP) is 4.39. The minimum absolute atomic E-state index is 0.226. The van der Waals surface area contributed by atoms with Gasteiger partial charge in [-0.1, -0.05) is 19.1 Å². The first kappa shape index (κ1) is 21.6. The number of aryl methyl sites for hydroxylation is 1. The second-order valence-corrected chi connectivity index (χ2v) is 8.17. The van der Waals surface area contributed by atoms with E-state index in [1.807, 2.05) is 43.3 Å². The van der Waals surface area contributed by atoms with Crippen LogP contribution in [-0.2, 0) is 13.0 Å². The zero-order valence-electron chi connectivity index (χ0n) is 17.7. The van der Waals surface area contributed by atoms with E-state index in [1.165, 1.54) is 11.8 Å². The fourth-order valence-corrected chi connectivity index (χ4v) is 3.58. The van der Waals surface area contributed by atoms with Gasteiger partial charge in [0.15, 0.2) is 10.7 Å². The van der Waals surface area contributed by atoms with Crippen LogP contribution in [0.4, 0.5) is 17.2 Å². The Kier molecular flexibility index (Phi) is 5.95. The number of aromatic nitrogens is 2. The Morgan fingerprint density at radius 2 is 1.84 bits per heavy atom. The summed E-state index contributed by atoms with van der Waals surface area (Å²) in [5.41, 5.74) is 2.37. The topological polar surface area (TPSA) is 103 Å². The average molecular weight is 454 g/mol. The van der Waals surface area contributed by atoms with Crippen LogP contribution in [0, 0.1) is 10.1 Å². The highest BCUT2D eigenvalue weighted by molar-refractivity contribution is 7.80. The van der Waals surface area contributed by atoms with Gasteiger partial charge in [-0.05, 0) is 72.4 Å². The Morgan fingerprint density at radius 1 is 1.22 bits per heavy atom. The molecular formula is C22H23N5O4S. The SMILES string of the molecule is CCc1ccc(NC(=S)Nc2ccc(OC[C@@]3(C)Cn4cc([N+](=O)[O-])nc4O3)cc2)cc1. The molecule has 0 saturated heterocycles. The first-order valence-corrected chi connectivity index (χ1v) is 10.5. The lowest BCUT2D eigenvalue weighted by atomic mass is 10.1. The van der Waals surface area contributed by atoms with Gasteiger partial charge in [-0.3, -0.25) is 4.57 Å². The molecule has 2 aromatic carbocycles. The van der Waals surface area contributed by atoms with E-state index >= 15 is 0 Å². The molecule has 32 heavy (non-hydrogen) atoms. The molecule has 1 aromatic heterocycles. The first-order chi connectivity index (χ1) is 15.3. The zero-order chi connectivity index (χ0) is 22.7. The van der Waals surface area contributed by atoms with Crippen LogP contribution in [0.3, 0.4) is 0 Å². The van der Waals surface area contributed by atoms with Gasteiger partial charge in [0.2, 0.25) is 0 Å². The number of nitrogens with zero attached hydrogens (tertiary/aromatic N) is 3. The van der Waals surface area contributed by atoms with E-state index < -0.39 is 10.5 Å². The summed E-state index contributed by atoms with van der Waals surface area (Å²) < 4.78 is 13.3. The molecule has 0 spiro atoms. The number of hydrogen-bond acceptors (Lipinski definition) is 6. The van der Waals surface area contributed by atoms with Crippen LogP contribution in [0.15, 0.2) is 54.7 Å². The quantitative estimate of drug-likeness (QED) is 0.308. The standard InChI is InChI=1S/C22H23N5O4S/c1-3-15-4-6-16(7-5-15)23-20(32)24-17-8-10-18(11-9-17)30-14-22(2)13-26-12-19(27(28)29)25-21(26)31-22/h4-12H,3,13-14H2,1-2H3,(H2,23,24,32)/t22-/m1/s1. The Balaban J connectivity index is 1.27. The number of benzene rings is 2. The molecule has 1 atom stereocenters. The van der Waals surface area contributed by atoms with Crippen molar-refractivity contribution in [2.24, 2.45) is 0 Å². The largest absolute Gasteiger partial charge is 0.489 e. The summed E-state index contributed by atoms with van der Waals surface area (Å²) in [5, 5.41) is 17.6. The molecule has 0 radical (unpaired) electrons. The van der Waals surface area contributed by atoms with Crippen LogP contribution in [0.1, 0.15) is 19.4 Å². The molecule has 0 saturated carbocycles. The predicted molar refractivity (Wildman–Crippen MR) is 126 cm³/mol. The van der Waals surface area contributed by atoms with Gasteiger partial charge in [-0.2, -0.15) is 0 Å². The molecule has 1 aliphatic heterocycles. The van der Waals surface area contributed by atoms with Gasteiger partial charge in [0.1, 0.15) is 18.6 Å². The van der Waals surface area contributed by atoms with E-state index in [-0.39, 0.29) is 18.4 Å². The Hall–Kier alpha value is -3.66. The van der Waals surface area contributed by atoms with Crippen LogP contribution < -0.4 is 20.1 Å². The fourth-order valence-electron chi connectivity index (χ4n) is 3.34. The maximum atomic E-state index is 10.8. The lowest BCUT2D eigenvalue weighted by molar-refractivity contribution is -0.389. The van der Waals surface area contributed by atoms with Crippen molar-refractivity contribution in [2.45, 2.75) is 32.4 Å². The number of hydrogen-bond donors (Lipinski definition) is 2. The average Bonchev–Trinajstić information content (AvgIpc) is 3.29. The monoisotopic (exact) mass is 453 g/mol. The highest BCUT2D eigenvalue weighted by Crippen LogP contribution is 2.31. The number of ether oxygens (including phenoxy) is 2. The lowest BCUT2D eigenvalue weighted by Crippen LogP contribution is -2.38. The number of imidazole rings is 1. The van der Waals surface area contributed by atoms with Gasteiger partial charge in [0.25, 0.3) is 0 Å². The summed E-state index contributed by atoms with van der Waals surface area (Å²) in [4.78, 5) is 14.2. The first-order valence-electron chi connectivity index (χ1n) is 10.1. The summed E-state index contributed by atoms with van der Waals surface area (Å²) >= 11 is 5.38. The Morgan fingerprint density at radius 3 is 2.41 bits per heavy atom. The van der Waals surface area contributed by atoms with Crippen LogP contribution >= 0.6 is 12.2 Å². The maximum absolute atomic E-state index is 10.8. The Bertz CT molecular complexity index is 1100. The van der Waals surface area contributed by atoms with Crippen molar-refractivity contribution in [3.63, 3.8) is 0 Å². The zero-order valence-corrected chi connectivity index (χ0v) is 18.5. The number of thiocarbonyl (C=S) groups is 1. The van der Waals surface area contributed by atoms with Crippen molar-refractivity contribution in [1.29, 1.82) is 0 Å². The van der Waals surface area contributed by atoms with Gasteiger partial charge in [0.05, 0.1) is 6.54 Å². The number of rotatable bonds is 7. The molecule has 2 N–H and O–H groups in total. The lowest BCUT2D eigenvalue weighted by Gasteiger charge is -2.22. The van der Waals surface area contributed by atoms with Gasteiger partial charge in [-0.15, -0.1) is 0 Å². The summed E-state index contributed by atoms with van der Waals surface area (Å²) in [6.07, 6.45) is 2.37. The summed E-state index contributed by atoms with van der Waals surface area (Å²) in [7, 11) is 0. The third kappa shape index (κ3) is 4.97. The molecule has 1 aliphatic rings. The number of fused-ring (bicyclic) bond motifs is 1. The molecule has 0 unspecified atom stereocenters. The van der Waals surface area contributed by atoms with Crippen molar-refractivity contribution >= 4 is 34.5 Å². The molecule has 0 bridgehead atoms. The molecule has 4 rings (SSSR count). The Labute approximate surface area is 190 Å². The molecule has 9 nitrogen and oxygen atoms in total. The van der Waals surface area contributed by atoms with Gasteiger partial charge >= 0.3 is 11.8 Å². The third-order valence-electron chi connectivity index (χ3n) is 5.03. The second kappa shape index (κ2) is 8.83. The molecule has 10 heteroatoms. The van der Waals surface area contributed by atoms with Crippen molar-refractivity contribution in [1.82, 2.24) is 9.55 Å². The smallest absolute Gasteiger partial charge is 0.415 e. The highest BCUT2D eigenvalue weighted by Gasteiger charge is 2.41. The third-order valence-corrected chi connectivity index (χ3v) is 5.24. The minimum atomic E-state index is -0.660. The minimum Gasteiger partial charge on any atom is -0.489 e. The van der Waals surface area contributed by atoms with E-state index in [9.17, 15) is 10.1 Å². The molecule has 166 valence electrons. The molecule has 0 aliphatic carbocycles. The van der Waals surface area contributed by atoms with Crippen LogP contribution in [0.5, 0.6) is 11.8 Å². The van der Waals surface area contributed by atoms with Gasteiger partial charge in [-0.25, -0.2) is 0 Å². The molecular weight excluding hydrogens is 430 g/mol. The van der Waals surface area contributed by atoms with Gasteiger partial charge in [0, 0.05) is 16.4 Å².